The molecule has 3 heteroatoms. The van der Waals surface area contributed by atoms with Gasteiger partial charge in [0, 0.05) is 11.2 Å². The van der Waals surface area contributed by atoms with Crippen LogP contribution in [0.1, 0.15) is 49.5 Å². The summed E-state index contributed by atoms with van der Waals surface area (Å²) in [6.45, 7) is 8.19. The van der Waals surface area contributed by atoms with Crippen LogP contribution in [-0.2, 0) is 0 Å². The lowest BCUT2D eigenvalue weighted by molar-refractivity contribution is 0.0697. The van der Waals surface area contributed by atoms with E-state index in [2.05, 4.69) is 26.1 Å². The van der Waals surface area contributed by atoms with E-state index in [9.17, 15) is 9.90 Å². The maximum atomic E-state index is 11.2. The van der Waals surface area contributed by atoms with Crippen LogP contribution in [0.15, 0.2) is 18.2 Å². The third kappa shape index (κ3) is 3.77. The van der Waals surface area contributed by atoms with Gasteiger partial charge in [-0.2, -0.15) is 0 Å². The molecule has 0 saturated heterocycles. The third-order valence-corrected chi connectivity index (χ3v) is 2.75. The highest BCUT2D eigenvalue weighted by atomic mass is 16.4. The number of carbonyl (C=O) groups is 1. The molecule has 0 saturated carbocycles. The van der Waals surface area contributed by atoms with Crippen molar-refractivity contribution in [2.24, 2.45) is 0 Å². The van der Waals surface area contributed by atoms with Crippen LogP contribution >= 0.6 is 0 Å². The normalized spacial score (nSPS) is 11.3. The van der Waals surface area contributed by atoms with E-state index in [4.69, 9.17) is 0 Å². The number of hydrogen-bond donors (Lipinski definition) is 2. The molecule has 0 amide bonds. The zero-order valence-corrected chi connectivity index (χ0v) is 11.0. The van der Waals surface area contributed by atoms with E-state index in [0.717, 1.165) is 18.4 Å². The van der Waals surface area contributed by atoms with Crippen LogP contribution in [0.3, 0.4) is 0 Å². The van der Waals surface area contributed by atoms with Crippen molar-refractivity contribution >= 4 is 11.7 Å². The van der Waals surface area contributed by atoms with E-state index in [-0.39, 0.29) is 5.54 Å². The number of anilines is 1. The van der Waals surface area contributed by atoms with E-state index < -0.39 is 5.97 Å². The fourth-order valence-corrected chi connectivity index (χ4v) is 2.00. The zero-order chi connectivity index (χ0) is 13.1. The number of carboxylic acids is 1. The summed E-state index contributed by atoms with van der Waals surface area (Å²) in [5.74, 6) is -0.886. The Kier molecular flexibility index (Phi) is 4.16. The monoisotopic (exact) mass is 235 g/mol. The van der Waals surface area contributed by atoms with E-state index in [1.807, 2.05) is 19.1 Å². The molecule has 0 atom stereocenters. The minimum atomic E-state index is -0.886. The van der Waals surface area contributed by atoms with E-state index in [1.165, 1.54) is 0 Å². The first-order chi connectivity index (χ1) is 7.85. The van der Waals surface area contributed by atoms with E-state index >= 15 is 0 Å². The van der Waals surface area contributed by atoms with Gasteiger partial charge >= 0.3 is 5.97 Å². The third-order valence-electron chi connectivity index (χ3n) is 2.75. The Morgan fingerprint density at radius 3 is 2.59 bits per heavy atom. The molecule has 0 aliphatic carbocycles. The maximum Gasteiger partial charge on any atom is 0.337 e. The van der Waals surface area contributed by atoms with E-state index in [1.54, 1.807) is 6.07 Å². The predicted octanol–water partition coefficient (Wildman–Crippen LogP) is 3.68. The Morgan fingerprint density at radius 1 is 1.41 bits per heavy atom. The van der Waals surface area contributed by atoms with Crippen molar-refractivity contribution in [3.8, 4) is 0 Å². The largest absolute Gasteiger partial charge is 0.478 e. The van der Waals surface area contributed by atoms with Crippen molar-refractivity contribution in [1.29, 1.82) is 0 Å². The van der Waals surface area contributed by atoms with Crippen LogP contribution in [0.2, 0.25) is 0 Å². The van der Waals surface area contributed by atoms with Gasteiger partial charge in [-0.3, -0.25) is 0 Å². The molecule has 2 N–H and O–H groups in total. The molecule has 0 bridgehead atoms. The second-order valence-corrected chi connectivity index (χ2v) is 5.11. The lowest BCUT2D eigenvalue weighted by Crippen LogP contribution is -2.31. The average Bonchev–Trinajstić information content (AvgIpc) is 2.20. The van der Waals surface area contributed by atoms with Crippen molar-refractivity contribution in [2.45, 2.75) is 46.1 Å². The van der Waals surface area contributed by atoms with Crippen molar-refractivity contribution in [2.75, 3.05) is 5.32 Å². The van der Waals surface area contributed by atoms with Gasteiger partial charge in [-0.1, -0.05) is 25.0 Å². The van der Waals surface area contributed by atoms with Crippen LogP contribution in [0, 0.1) is 6.92 Å². The second kappa shape index (κ2) is 5.21. The lowest BCUT2D eigenvalue weighted by atomic mass is 9.97. The molecule has 0 radical (unpaired) electrons. The quantitative estimate of drug-likeness (QED) is 0.818. The van der Waals surface area contributed by atoms with Gasteiger partial charge in [0.1, 0.15) is 0 Å². The highest BCUT2D eigenvalue weighted by Gasteiger charge is 2.19. The SMILES string of the molecule is CCCC(C)(C)Nc1ccc(C)cc1C(=O)O. The van der Waals surface area contributed by atoms with Gasteiger partial charge in [0.25, 0.3) is 0 Å². The first-order valence-electron chi connectivity index (χ1n) is 5.98. The fourth-order valence-electron chi connectivity index (χ4n) is 2.00. The summed E-state index contributed by atoms with van der Waals surface area (Å²) in [6, 6.07) is 5.47. The van der Waals surface area contributed by atoms with Crippen molar-refractivity contribution < 1.29 is 9.90 Å². The molecule has 0 aromatic heterocycles. The molecular formula is C14H21NO2. The molecule has 94 valence electrons. The number of carboxylic acid groups (broad SMARTS) is 1. The first-order valence-corrected chi connectivity index (χ1v) is 5.98. The van der Waals surface area contributed by atoms with Crippen LogP contribution in [0.4, 0.5) is 5.69 Å². The summed E-state index contributed by atoms with van der Waals surface area (Å²) in [6.07, 6.45) is 2.06. The molecule has 17 heavy (non-hydrogen) atoms. The molecule has 1 rings (SSSR count). The van der Waals surface area contributed by atoms with Gasteiger partial charge in [0.15, 0.2) is 0 Å². The second-order valence-electron chi connectivity index (χ2n) is 5.11. The molecule has 3 nitrogen and oxygen atoms in total. The molecular weight excluding hydrogens is 214 g/mol. The average molecular weight is 235 g/mol. The summed E-state index contributed by atoms with van der Waals surface area (Å²) in [5, 5.41) is 12.5. The number of aryl methyl sites for hydroxylation is 1. The zero-order valence-electron chi connectivity index (χ0n) is 11.0. The van der Waals surface area contributed by atoms with Crippen LogP contribution in [0.25, 0.3) is 0 Å². The Hall–Kier alpha value is -1.51. The van der Waals surface area contributed by atoms with Crippen molar-refractivity contribution in [3.63, 3.8) is 0 Å². The summed E-state index contributed by atoms with van der Waals surface area (Å²) in [4.78, 5) is 11.2. The van der Waals surface area contributed by atoms with Gasteiger partial charge < -0.3 is 10.4 Å². The molecule has 0 aliphatic heterocycles. The first kappa shape index (κ1) is 13.6. The molecule has 0 heterocycles. The molecule has 1 aromatic carbocycles. The van der Waals surface area contributed by atoms with Gasteiger partial charge in [-0.05, 0) is 39.3 Å². The number of rotatable bonds is 5. The predicted molar refractivity (Wildman–Crippen MR) is 70.7 cm³/mol. The van der Waals surface area contributed by atoms with Crippen LogP contribution in [0.5, 0.6) is 0 Å². The Balaban J connectivity index is 3.02. The highest BCUT2D eigenvalue weighted by molar-refractivity contribution is 5.94. The van der Waals surface area contributed by atoms with Crippen molar-refractivity contribution in [1.82, 2.24) is 0 Å². The standard InChI is InChI=1S/C14H21NO2/c1-5-8-14(3,4)15-12-7-6-10(2)9-11(12)13(16)17/h6-7,9,15H,5,8H2,1-4H3,(H,16,17). The smallest absolute Gasteiger partial charge is 0.337 e. The molecule has 0 unspecified atom stereocenters. The van der Waals surface area contributed by atoms with Gasteiger partial charge in [0.05, 0.1) is 5.56 Å². The maximum absolute atomic E-state index is 11.2. The van der Waals surface area contributed by atoms with Crippen LogP contribution < -0.4 is 5.32 Å². The number of hydrogen-bond acceptors (Lipinski definition) is 2. The molecule has 0 spiro atoms. The molecule has 1 aromatic rings. The molecule has 0 fully saturated rings. The highest BCUT2D eigenvalue weighted by Crippen LogP contribution is 2.24. The van der Waals surface area contributed by atoms with Gasteiger partial charge in [0.2, 0.25) is 0 Å². The minimum Gasteiger partial charge on any atom is -0.478 e. The number of nitrogens with one attached hydrogen (secondary N) is 1. The summed E-state index contributed by atoms with van der Waals surface area (Å²) in [7, 11) is 0. The lowest BCUT2D eigenvalue weighted by Gasteiger charge is -2.28. The van der Waals surface area contributed by atoms with E-state index in [0.29, 0.717) is 11.3 Å². The summed E-state index contributed by atoms with van der Waals surface area (Å²) < 4.78 is 0. The summed E-state index contributed by atoms with van der Waals surface area (Å²) >= 11 is 0. The van der Waals surface area contributed by atoms with Gasteiger partial charge in [-0.25, -0.2) is 4.79 Å². The molecule has 0 aliphatic rings. The Morgan fingerprint density at radius 2 is 2.06 bits per heavy atom. The fraction of sp³-hybridized carbons (Fsp3) is 0.500. The number of aromatic carboxylic acids is 1. The number of benzene rings is 1. The van der Waals surface area contributed by atoms with Gasteiger partial charge in [-0.15, -0.1) is 0 Å². The van der Waals surface area contributed by atoms with Crippen LogP contribution in [-0.4, -0.2) is 16.6 Å². The van der Waals surface area contributed by atoms with Crippen molar-refractivity contribution in [3.05, 3.63) is 29.3 Å². The minimum absolute atomic E-state index is 0.0891. The topological polar surface area (TPSA) is 49.3 Å². The Labute approximate surface area is 103 Å². The Bertz CT molecular complexity index is 411. The summed E-state index contributed by atoms with van der Waals surface area (Å²) in [5.41, 5.74) is 1.91.